The van der Waals surface area contributed by atoms with Gasteiger partial charge in [-0.05, 0) is 39.0 Å². The molecule has 110 valence electrons. The third kappa shape index (κ3) is 3.14. The van der Waals surface area contributed by atoms with Gasteiger partial charge >= 0.3 is 0 Å². The molecule has 1 spiro atoms. The van der Waals surface area contributed by atoms with Crippen LogP contribution in [0, 0.1) is 0 Å². The molecule has 0 aromatic carbocycles. The van der Waals surface area contributed by atoms with E-state index in [2.05, 4.69) is 17.1 Å². The van der Waals surface area contributed by atoms with Gasteiger partial charge in [-0.2, -0.15) is 0 Å². The largest absolute Gasteiger partial charge is 0.377 e. The number of ether oxygens (including phenoxy) is 1. The van der Waals surface area contributed by atoms with Crippen LogP contribution in [0.5, 0.6) is 0 Å². The molecule has 3 heteroatoms. The summed E-state index contributed by atoms with van der Waals surface area (Å²) in [7, 11) is 0. The third-order valence-corrected chi connectivity index (χ3v) is 5.43. The van der Waals surface area contributed by atoms with Crippen LogP contribution in [0.15, 0.2) is 0 Å². The first-order chi connectivity index (χ1) is 9.28. The van der Waals surface area contributed by atoms with E-state index in [4.69, 9.17) is 4.74 Å². The first-order valence-corrected chi connectivity index (χ1v) is 8.39. The van der Waals surface area contributed by atoms with Crippen LogP contribution in [0.25, 0.3) is 0 Å². The Balaban J connectivity index is 1.66. The Morgan fingerprint density at radius 3 is 2.74 bits per heavy atom. The van der Waals surface area contributed by atoms with Gasteiger partial charge in [-0.25, -0.2) is 0 Å². The molecular formula is C16H30N2O. The average molecular weight is 266 g/mol. The molecule has 0 aromatic heterocycles. The van der Waals surface area contributed by atoms with Crippen molar-refractivity contribution in [3.63, 3.8) is 0 Å². The summed E-state index contributed by atoms with van der Waals surface area (Å²) in [5.74, 6) is 0. The van der Waals surface area contributed by atoms with Gasteiger partial charge in [0, 0.05) is 37.8 Å². The smallest absolute Gasteiger partial charge is 0.0702 e. The zero-order valence-electron chi connectivity index (χ0n) is 12.5. The Labute approximate surface area is 118 Å². The first-order valence-electron chi connectivity index (χ1n) is 8.39. The molecule has 3 aliphatic rings. The van der Waals surface area contributed by atoms with Crippen LogP contribution in [0.4, 0.5) is 0 Å². The molecule has 2 aliphatic heterocycles. The highest BCUT2D eigenvalue weighted by Gasteiger charge is 2.42. The lowest BCUT2D eigenvalue weighted by molar-refractivity contribution is -0.0555. The molecule has 0 amide bonds. The minimum absolute atomic E-state index is 0.450. The molecule has 1 N–H and O–H groups in total. The maximum absolute atomic E-state index is 5.99. The van der Waals surface area contributed by atoms with Crippen LogP contribution in [0.1, 0.15) is 58.3 Å². The van der Waals surface area contributed by atoms with Gasteiger partial charge in [0.2, 0.25) is 0 Å². The van der Waals surface area contributed by atoms with Gasteiger partial charge in [-0.3, -0.25) is 4.90 Å². The molecule has 0 aromatic rings. The minimum atomic E-state index is 0.450. The summed E-state index contributed by atoms with van der Waals surface area (Å²) in [6.45, 7) is 6.89. The van der Waals surface area contributed by atoms with Crippen molar-refractivity contribution in [2.45, 2.75) is 76.0 Å². The van der Waals surface area contributed by atoms with E-state index in [1.807, 2.05) is 0 Å². The third-order valence-electron chi connectivity index (χ3n) is 5.43. The maximum Gasteiger partial charge on any atom is 0.0702 e. The number of rotatable bonds is 2. The highest BCUT2D eigenvalue weighted by molar-refractivity contribution is 5.00. The standard InChI is InChI=1S/C16H30N2O/c1-14-11-18(12-15-7-3-6-10-19-15)16(13-17-14)8-4-2-5-9-16/h14-15,17H,2-13H2,1H3. The fourth-order valence-electron chi connectivity index (χ4n) is 4.23. The lowest BCUT2D eigenvalue weighted by Gasteiger charge is -2.52. The molecule has 3 fully saturated rings. The molecule has 1 aliphatic carbocycles. The van der Waals surface area contributed by atoms with E-state index >= 15 is 0 Å². The lowest BCUT2D eigenvalue weighted by Crippen LogP contribution is -2.65. The predicted octanol–water partition coefficient (Wildman–Crippen LogP) is 2.55. The van der Waals surface area contributed by atoms with Gasteiger partial charge in [-0.15, -0.1) is 0 Å². The Morgan fingerprint density at radius 2 is 2.00 bits per heavy atom. The molecule has 3 nitrogen and oxygen atoms in total. The molecule has 2 heterocycles. The number of hydrogen-bond acceptors (Lipinski definition) is 3. The summed E-state index contributed by atoms with van der Waals surface area (Å²) in [5, 5.41) is 3.73. The second-order valence-electron chi connectivity index (χ2n) is 6.96. The van der Waals surface area contributed by atoms with Gasteiger partial charge in [0.25, 0.3) is 0 Å². The van der Waals surface area contributed by atoms with Gasteiger partial charge in [-0.1, -0.05) is 19.3 Å². The highest BCUT2D eigenvalue weighted by Crippen LogP contribution is 2.36. The molecule has 2 atom stereocenters. The number of nitrogens with one attached hydrogen (secondary N) is 1. The van der Waals surface area contributed by atoms with Crippen LogP contribution in [-0.4, -0.2) is 48.8 Å². The van der Waals surface area contributed by atoms with Gasteiger partial charge in [0.1, 0.15) is 0 Å². The van der Waals surface area contributed by atoms with E-state index < -0.39 is 0 Å². The van der Waals surface area contributed by atoms with Crippen molar-refractivity contribution >= 4 is 0 Å². The van der Waals surface area contributed by atoms with Gasteiger partial charge < -0.3 is 10.1 Å². The number of piperazine rings is 1. The number of nitrogens with zero attached hydrogens (tertiary/aromatic N) is 1. The zero-order chi connectivity index (χ0) is 13.1. The van der Waals surface area contributed by atoms with Gasteiger partial charge in [0.15, 0.2) is 0 Å². The summed E-state index contributed by atoms with van der Waals surface area (Å²) in [4.78, 5) is 2.79. The monoisotopic (exact) mass is 266 g/mol. The van der Waals surface area contributed by atoms with Crippen LogP contribution in [0.2, 0.25) is 0 Å². The normalized spacial score (nSPS) is 36.5. The summed E-state index contributed by atoms with van der Waals surface area (Å²) in [6, 6.07) is 0.635. The van der Waals surface area contributed by atoms with E-state index in [1.54, 1.807) is 0 Å². The molecule has 2 saturated heterocycles. The van der Waals surface area contributed by atoms with E-state index in [1.165, 1.54) is 71.0 Å². The van der Waals surface area contributed by atoms with Crippen molar-refractivity contribution in [3.05, 3.63) is 0 Å². The molecule has 0 radical (unpaired) electrons. The number of hydrogen-bond donors (Lipinski definition) is 1. The Hall–Kier alpha value is -0.120. The van der Waals surface area contributed by atoms with Crippen molar-refractivity contribution in [3.8, 4) is 0 Å². The van der Waals surface area contributed by atoms with Crippen LogP contribution >= 0.6 is 0 Å². The molecule has 19 heavy (non-hydrogen) atoms. The van der Waals surface area contributed by atoms with Crippen molar-refractivity contribution < 1.29 is 4.74 Å². The Bertz CT molecular complexity index is 282. The summed E-state index contributed by atoms with van der Waals surface area (Å²) in [6.07, 6.45) is 11.4. The van der Waals surface area contributed by atoms with E-state index in [9.17, 15) is 0 Å². The van der Waals surface area contributed by atoms with E-state index in [-0.39, 0.29) is 0 Å². The molecular weight excluding hydrogens is 236 g/mol. The van der Waals surface area contributed by atoms with Gasteiger partial charge in [0.05, 0.1) is 6.10 Å². The molecule has 3 rings (SSSR count). The molecule has 0 bridgehead atoms. The topological polar surface area (TPSA) is 24.5 Å². The maximum atomic E-state index is 5.99. The Kier molecular flexibility index (Phi) is 4.45. The lowest BCUT2D eigenvalue weighted by atomic mass is 9.78. The van der Waals surface area contributed by atoms with E-state index in [0.29, 0.717) is 17.7 Å². The fourth-order valence-corrected chi connectivity index (χ4v) is 4.23. The summed E-state index contributed by atoms with van der Waals surface area (Å²) in [5.41, 5.74) is 0.450. The SMILES string of the molecule is CC1CN(CC2CCCCO2)C2(CCCCC2)CN1. The van der Waals surface area contributed by atoms with E-state index in [0.717, 1.165) is 6.61 Å². The van der Waals surface area contributed by atoms with Crippen molar-refractivity contribution in [2.75, 3.05) is 26.2 Å². The average Bonchev–Trinajstić information content (AvgIpc) is 2.46. The zero-order valence-corrected chi connectivity index (χ0v) is 12.5. The van der Waals surface area contributed by atoms with Crippen molar-refractivity contribution in [1.82, 2.24) is 10.2 Å². The molecule has 2 unspecified atom stereocenters. The van der Waals surface area contributed by atoms with Crippen LogP contribution < -0.4 is 5.32 Å². The Morgan fingerprint density at radius 1 is 1.16 bits per heavy atom. The summed E-state index contributed by atoms with van der Waals surface area (Å²) >= 11 is 0. The quantitative estimate of drug-likeness (QED) is 0.831. The highest BCUT2D eigenvalue weighted by atomic mass is 16.5. The minimum Gasteiger partial charge on any atom is -0.377 e. The fraction of sp³-hybridized carbons (Fsp3) is 1.00. The molecule has 1 saturated carbocycles. The van der Waals surface area contributed by atoms with Crippen molar-refractivity contribution in [2.24, 2.45) is 0 Å². The van der Waals surface area contributed by atoms with Crippen LogP contribution in [0.3, 0.4) is 0 Å². The second-order valence-corrected chi connectivity index (χ2v) is 6.96. The van der Waals surface area contributed by atoms with Crippen molar-refractivity contribution in [1.29, 1.82) is 0 Å². The first kappa shape index (κ1) is 13.8. The predicted molar refractivity (Wildman–Crippen MR) is 78.4 cm³/mol. The second kappa shape index (κ2) is 6.11. The summed E-state index contributed by atoms with van der Waals surface area (Å²) < 4.78 is 5.99. The van der Waals surface area contributed by atoms with Crippen LogP contribution in [-0.2, 0) is 4.74 Å².